The molecule has 2 heterocycles. The lowest BCUT2D eigenvalue weighted by Crippen LogP contribution is -2.60. The van der Waals surface area contributed by atoms with Crippen LogP contribution in [0, 0.1) is 0 Å². The average Bonchev–Trinajstić information content (AvgIpc) is 2.30. The SMILES string of the molecule is C[C@]1(C(=O)O)CCCCN1C1CCNCC1. The van der Waals surface area contributed by atoms with Crippen molar-refractivity contribution in [1.29, 1.82) is 0 Å². The standard InChI is InChI=1S/C12H22N2O2/c1-12(11(15)16)6-2-3-9-14(12)10-4-7-13-8-5-10/h10,13H,2-9H2,1H3,(H,15,16)/t12-/m1/s1. The van der Waals surface area contributed by atoms with Crippen molar-refractivity contribution in [3.63, 3.8) is 0 Å². The van der Waals surface area contributed by atoms with Crippen molar-refractivity contribution in [3.05, 3.63) is 0 Å². The number of carboxylic acid groups (broad SMARTS) is 1. The first-order chi connectivity index (χ1) is 7.64. The van der Waals surface area contributed by atoms with E-state index in [1.807, 2.05) is 6.92 Å². The molecule has 2 saturated heterocycles. The van der Waals surface area contributed by atoms with Crippen LogP contribution in [-0.2, 0) is 4.79 Å². The Balaban J connectivity index is 2.12. The van der Waals surface area contributed by atoms with Crippen LogP contribution in [-0.4, -0.2) is 47.2 Å². The van der Waals surface area contributed by atoms with Gasteiger partial charge < -0.3 is 10.4 Å². The molecule has 0 bridgehead atoms. The fourth-order valence-corrected chi connectivity index (χ4v) is 3.08. The highest BCUT2D eigenvalue weighted by Gasteiger charge is 2.44. The largest absolute Gasteiger partial charge is 0.480 e. The molecule has 0 saturated carbocycles. The van der Waals surface area contributed by atoms with E-state index < -0.39 is 11.5 Å². The molecule has 2 N–H and O–H groups in total. The van der Waals surface area contributed by atoms with Gasteiger partial charge in [-0.15, -0.1) is 0 Å². The van der Waals surface area contributed by atoms with Crippen LogP contribution in [0.15, 0.2) is 0 Å². The highest BCUT2D eigenvalue weighted by Crippen LogP contribution is 2.32. The molecule has 2 aliphatic rings. The third-order valence-electron chi connectivity index (χ3n) is 4.16. The molecule has 1 atom stereocenters. The first kappa shape index (κ1) is 11.9. The molecule has 4 heteroatoms. The molecule has 0 aromatic heterocycles. The van der Waals surface area contributed by atoms with E-state index in [0.717, 1.165) is 51.7 Å². The molecule has 0 aromatic carbocycles. The Morgan fingerprint density at radius 1 is 1.38 bits per heavy atom. The molecule has 4 nitrogen and oxygen atoms in total. The minimum atomic E-state index is -0.647. The van der Waals surface area contributed by atoms with Crippen molar-refractivity contribution in [3.8, 4) is 0 Å². The highest BCUT2D eigenvalue weighted by atomic mass is 16.4. The Kier molecular flexibility index (Phi) is 3.50. The Hall–Kier alpha value is -0.610. The summed E-state index contributed by atoms with van der Waals surface area (Å²) in [4.78, 5) is 13.7. The molecule has 2 aliphatic heterocycles. The van der Waals surface area contributed by atoms with E-state index in [1.165, 1.54) is 0 Å². The number of aliphatic carboxylic acids is 1. The van der Waals surface area contributed by atoms with Crippen molar-refractivity contribution in [2.45, 2.75) is 50.6 Å². The van der Waals surface area contributed by atoms with Crippen LogP contribution in [0.4, 0.5) is 0 Å². The molecule has 0 spiro atoms. The van der Waals surface area contributed by atoms with Gasteiger partial charge in [0.05, 0.1) is 0 Å². The number of hydrogen-bond donors (Lipinski definition) is 2. The van der Waals surface area contributed by atoms with Gasteiger partial charge in [0.15, 0.2) is 0 Å². The van der Waals surface area contributed by atoms with Gasteiger partial charge in [0.1, 0.15) is 5.54 Å². The Bertz CT molecular complexity index is 264. The first-order valence-corrected chi connectivity index (χ1v) is 6.35. The van der Waals surface area contributed by atoms with Crippen LogP contribution in [0.2, 0.25) is 0 Å². The number of piperidine rings is 2. The summed E-state index contributed by atoms with van der Waals surface area (Å²) in [5, 5.41) is 12.8. The summed E-state index contributed by atoms with van der Waals surface area (Å²) in [7, 11) is 0. The molecule has 2 fully saturated rings. The molecule has 2 rings (SSSR count). The van der Waals surface area contributed by atoms with Gasteiger partial charge >= 0.3 is 5.97 Å². The summed E-state index contributed by atoms with van der Waals surface area (Å²) < 4.78 is 0. The second-order valence-electron chi connectivity index (χ2n) is 5.21. The van der Waals surface area contributed by atoms with E-state index in [2.05, 4.69) is 10.2 Å². The lowest BCUT2D eigenvalue weighted by Gasteiger charge is -2.47. The molecular formula is C12H22N2O2. The van der Waals surface area contributed by atoms with Gasteiger partial charge in [-0.05, 0) is 58.7 Å². The predicted molar refractivity (Wildman–Crippen MR) is 62.5 cm³/mol. The van der Waals surface area contributed by atoms with Crippen LogP contribution in [0.3, 0.4) is 0 Å². The molecule has 0 radical (unpaired) electrons. The molecule has 0 unspecified atom stereocenters. The van der Waals surface area contributed by atoms with E-state index in [4.69, 9.17) is 0 Å². The van der Waals surface area contributed by atoms with E-state index >= 15 is 0 Å². The lowest BCUT2D eigenvalue weighted by molar-refractivity contribution is -0.155. The highest BCUT2D eigenvalue weighted by molar-refractivity contribution is 5.78. The van der Waals surface area contributed by atoms with Crippen molar-refractivity contribution in [2.75, 3.05) is 19.6 Å². The minimum Gasteiger partial charge on any atom is -0.480 e. The summed E-state index contributed by atoms with van der Waals surface area (Å²) in [6, 6.07) is 0.461. The van der Waals surface area contributed by atoms with E-state index in [1.54, 1.807) is 0 Å². The summed E-state index contributed by atoms with van der Waals surface area (Å²) in [6.07, 6.45) is 5.16. The third kappa shape index (κ3) is 2.09. The second-order valence-corrected chi connectivity index (χ2v) is 5.21. The topological polar surface area (TPSA) is 52.6 Å². The zero-order valence-electron chi connectivity index (χ0n) is 10.0. The van der Waals surface area contributed by atoms with Gasteiger partial charge in [-0.25, -0.2) is 0 Å². The Labute approximate surface area is 97.0 Å². The number of likely N-dealkylation sites (tertiary alicyclic amines) is 1. The van der Waals surface area contributed by atoms with E-state index in [0.29, 0.717) is 6.04 Å². The van der Waals surface area contributed by atoms with E-state index in [-0.39, 0.29) is 0 Å². The van der Waals surface area contributed by atoms with Crippen LogP contribution in [0.1, 0.15) is 39.0 Å². The van der Waals surface area contributed by atoms with Crippen molar-refractivity contribution in [1.82, 2.24) is 10.2 Å². The quantitative estimate of drug-likeness (QED) is 0.739. The second kappa shape index (κ2) is 4.72. The fourth-order valence-electron chi connectivity index (χ4n) is 3.08. The maximum absolute atomic E-state index is 11.5. The molecule has 0 aromatic rings. The van der Waals surface area contributed by atoms with Gasteiger partial charge in [0.2, 0.25) is 0 Å². The summed E-state index contributed by atoms with van der Waals surface area (Å²) >= 11 is 0. The number of rotatable bonds is 2. The molecule has 0 amide bonds. The van der Waals surface area contributed by atoms with Gasteiger partial charge in [-0.3, -0.25) is 9.69 Å². The average molecular weight is 226 g/mol. The molecule has 0 aliphatic carbocycles. The van der Waals surface area contributed by atoms with Gasteiger partial charge in [-0.1, -0.05) is 0 Å². The number of nitrogens with zero attached hydrogens (tertiary/aromatic N) is 1. The van der Waals surface area contributed by atoms with E-state index in [9.17, 15) is 9.90 Å². The smallest absolute Gasteiger partial charge is 0.323 e. The maximum Gasteiger partial charge on any atom is 0.323 e. The Morgan fingerprint density at radius 2 is 2.06 bits per heavy atom. The van der Waals surface area contributed by atoms with Gasteiger partial charge in [-0.2, -0.15) is 0 Å². The summed E-state index contributed by atoms with van der Waals surface area (Å²) in [5.74, 6) is -0.647. The maximum atomic E-state index is 11.5. The Morgan fingerprint density at radius 3 is 2.69 bits per heavy atom. The predicted octanol–water partition coefficient (Wildman–Crippen LogP) is 1.07. The van der Waals surface area contributed by atoms with Gasteiger partial charge in [0, 0.05) is 6.04 Å². The molecule has 92 valence electrons. The zero-order valence-corrected chi connectivity index (χ0v) is 10.0. The number of carboxylic acids is 1. The normalized spacial score (nSPS) is 33.8. The first-order valence-electron chi connectivity index (χ1n) is 6.35. The summed E-state index contributed by atoms with van der Waals surface area (Å²) in [6.45, 7) is 4.90. The third-order valence-corrected chi connectivity index (χ3v) is 4.16. The number of carbonyl (C=O) groups is 1. The number of nitrogens with one attached hydrogen (secondary N) is 1. The fraction of sp³-hybridized carbons (Fsp3) is 0.917. The lowest BCUT2D eigenvalue weighted by atomic mass is 9.85. The monoisotopic (exact) mass is 226 g/mol. The van der Waals surface area contributed by atoms with Crippen LogP contribution in [0.25, 0.3) is 0 Å². The minimum absolute atomic E-state index is 0.461. The van der Waals surface area contributed by atoms with Gasteiger partial charge in [0.25, 0.3) is 0 Å². The van der Waals surface area contributed by atoms with Crippen LogP contribution < -0.4 is 5.32 Å². The summed E-state index contributed by atoms with van der Waals surface area (Å²) in [5.41, 5.74) is -0.625. The van der Waals surface area contributed by atoms with Crippen LogP contribution >= 0.6 is 0 Å². The van der Waals surface area contributed by atoms with Crippen molar-refractivity contribution >= 4 is 5.97 Å². The van der Waals surface area contributed by atoms with Crippen LogP contribution in [0.5, 0.6) is 0 Å². The van der Waals surface area contributed by atoms with Crippen molar-refractivity contribution < 1.29 is 9.90 Å². The zero-order chi connectivity index (χ0) is 11.6. The number of hydrogen-bond acceptors (Lipinski definition) is 3. The molecule has 16 heavy (non-hydrogen) atoms. The molecular weight excluding hydrogens is 204 g/mol. The van der Waals surface area contributed by atoms with Crippen molar-refractivity contribution in [2.24, 2.45) is 0 Å².